The molecule has 1 aliphatic heterocycles. The van der Waals surface area contributed by atoms with Crippen molar-refractivity contribution >= 4 is 23.5 Å². The van der Waals surface area contributed by atoms with Crippen LogP contribution in [0.15, 0.2) is 42.5 Å². The summed E-state index contributed by atoms with van der Waals surface area (Å²) in [5, 5.41) is 9.66. The van der Waals surface area contributed by atoms with E-state index in [0.717, 1.165) is 5.56 Å². The fraction of sp³-hybridized carbons (Fsp3) is 0.391. The predicted molar refractivity (Wildman–Crippen MR) is 116 cm³/mol. The number of nitrogens with zero attached hydrogens (tertiary/aromatic N) is 2. The summed E-state index contributed by atoms with van der Waals surface area (Å²) in [5.74, 6) is -0.397. The van der Waals surface area contributed by atoms with Crippen LogP contribution in [0.4, 0.5) is 0 Å². The smallest absolute Gasteiger partial charge is 0.303 e. The zero-order valence-corrected chi connectivity index (χ0v) is 18.1. The summed E-state index contributed by atoms with van der Waals surface area (Å²) in [6.45, 7) is 4.50. The molecule has 1 saturated heterocycles. The van der Waals surface area contributed by atoms with Crippen LogP contribution >= 0.6 is 11.6 Å². The number of halogens is 1. The molecule has 1 heterocycles. The highest BCUT2D eigenvalue weighted by atomic mass is 35.5. The molecule has 3 rings (SSSR count). The lowest BCUT2D eigenvalue weighted by Gasteiger charge is -2.39. The monoisotopic (exact) mass is 430 g/mol. The summed E-state index contributed by atoms with van der Waals surface area (Å²) in [6.07, 6.45) is 0.645. The topological polar surface area (TPSA) is 70.1 Å². The van der Waals surface area contributed by atoms with Crippen molar-refractivity contribution in [3.63, 3.8) is 0 Å². The van der Waals surface area contributed by atoms with Gasteiger partial charge in [-0.15, -0.1) is 0 Å². The number of piperazine rings is 1. The van der Waals surface area contributed by atoms with Gasteiger partial charge in [-0.2, -0.15) is 0 Å². The van der Waals surface area contributed by atoms with Crippen LogP contribution in [0.25, 0.3) is 0 Å². The Morgan fingerprint density at radius 2 is 1.77 bits per heavy atom. The Hall–Kier alpha value is -2.57. The first-order chi connectivity index (χ1) is 14.4. The molecule has 0 radical (unpaired) electrons. The molecular weight excluding hydrogens is 404 g/mol. The van der Waals surface area contributed by atoms with Gasteiger partial charge in [0.05, 0.1) is 12.7 Å². The average molecular weight is 431 g/mol. The highest BCUT2D eigenvalue weighted by Crippen LogP contribution is 2.29. The van der Waals surface area contributed by atoms with E-state index in [-0.39, 0.29) is 18.4 Å². The fourth-order valence-corrected chi connectivity index (χ4v) is 4.04. The maximum Gasteiger partial charge on any atom is 0.303 e. The molecule has 0 aromatic heterocycles. The number of amides is 1. The van der Waals surface area contributed by atoms with Gasteiger partial charge in [-0.05, 0) is 37.1 Å². The molecule has 7 heteroatoms. The first-order valence-electron chi connectivity index (χ1n) is 10.0. The second-order valence-electron chi connectivity index (χ2n) is 7.53. The second kappa shape index (κ2) is 9.96. The number of rotatable bonds is 7. The number of carbonyl (C=O) groups excluding carboxylic acids is 1. The Bertz CT molecular complexity index is 893. The molecule has 1 aliphatic rings. The molecule has 0 saturated carbocycles. The molecule has 0 aliphatic carbocycles. The number of aryl methyl sites for hydroxylation is 1. The van der Waals surface area contributed by atoms with E-state index in [1.54, 1.807) is 23.1 Å². The normalized spacial score (nSPS) is 15.6. The van der Waals surface area contributed by atoms with Gasteiger partial charge in [-0.25, -0.2) is 0 Å². The van der Waals surface area contributed by atoms with E-state index >= 15 is 0 Å². The Morgan fingerprint density at radius 1 is 1.10 bits per heavy atom. The van der Waals surface area contributed by atoms with Crippen molar-refractivity contribution in [1.82, 2.24) is 9.80 Å². The molecule has 30 heavy (non-hydrogen) atoms. The number of hydrogen-bond acceptors (Lipinski definition) is 4. The third-order valence-electron chi connectivity index (χ3n) is 5.53. The molecule has 0 unspecified atom stereocenters. The Morgan fingerprint density at radius 3 is 2.37 bits per heavy atom. The molecule has 0 bridgehead atoms. The lowest BCUT2D eigenvalue weighted by molar-refractivity contribution is -0.137. The first kappa shape index (κ1) is 22.1. The average Bonchev–Trinajstić information content (AvgIpc) is 2.75. The quantitative estimate of drug-likeness (QED) is 0.718. The summed E-state index contributed by atoms with van der Waals surface area (Å²) in [6, 6.07) is 13.3. The number of benzene rings is 2. The molecule has 1 N–H and O–H groups in total. The number of carboxylic acids is 1. The van der Waals surface area contributed by atoms with Crippen molar-refractivity contribution in [1.29, 1.82) is 0 Å². The summed E-state index contributed by atoms with van der Waals surface area (Å²) in [5.41, 5.74) is 2.74. The molecule has 1 amide bonds. The van der Waals surface area contributed by atoms with Crippen molar-refractivity contribution < 1.29 is 19.4 Å². The summed E-state index contributed by atoms with van der Waals surface area (Å²) >= 11 is 6.08. The van der Waals surface area contributed by atoms with Crippen LogP contribution < -0.4 is 4.74 Å². The van der Waals surface area contributed by atoms with Crippen molar-refractivity contribution in [3.05, 3.63) is 64.2 Å². The van der Waals surface area contributed by atoms with E-state index in [1.165, 1.54) is 12.7 Å². The lowest BCUT2D eigenvalue weighted by Crippen LogP contribution is -2.49. The van der Waals surface area contributed by atoms with Crippen LogP contribution in [0.3, 0.4) is 0 Å². The van der Waals surface area contributed by atoms with Gasteiger partial charge < -0.3 is 14.7 Å². The standard InChI is InChI=1S/C23H27ClN2O4/c1-16-3-5-17(6-4-16)20(8-10-22(27)28)25-11-13-26(14-12-25)23(29)19-15-18(24)7-9-21(19)30-2/h3-7,9,15,20H,8,10-14H2,1-2H3,(H,27,28)/t20-/m1/s1. The van der Waals surface area contributed by atoms with Crippen molar-refractivity contribution in [2.24, 2.45) is 0 Å². The van der Waals surface area contributed by atoms with Gasteiger partial charge in [0, 0.05) is 43.7 Å². The van der Waals surface area contributed by atoms with E-state index in [9.17, 15) is 14.7 Å². The van der Waals surface area contributed by atoms with Gasteiger partial charge in [0.15, 0.2) is 0 Å². The predicted octanol–water partition coefficient (Wildman–Crippen LogP) is 4.02. The molecule has 1 fully saturated rings. The number of carboxylic acid groups (broad SMARTS) is 1. The van der Waals surface area contributed by atoms with E-state index < -0.39 is 5.97 Å². The number of aliphatic carboxylic acids is 1. The highest BCUT2D eigenvalue weighted by molar-refractivity contribution is 6.31. The largest absolute Gasteiger partial charge is 0.496 e. The zero-order chi connectivity index (χ0) is 21.7. The van der Waals surface area contributed by atoms with Crippen molar-refractivity contribution in [2.45, 2.75) is 25.8 Å². The van der Waals surface area contributed by atoms with E-state index in [2.05, 4.69) is 17.0 Å². The van der Waals surface area contributed by atoms with Gasteiger partial charge in [0.25, 0.3) is 5.91 Å². The van der Waals surface area contributed by atoms with Crippen molar-refractivity contribution in [3.8, 4) is 5.75 Å². The molecule has 160 valence electrons. The maximum absolute atomic E-state index is 13.0. The third kappa shape index (κ3) is 5.32. The van der Waals surface area contributed by atoms with E-state index in [1.807, 2.05) is 19.1 Å². The molecular formula is C23H27ClN2O4. The minimum absolute atomic E-state index is 0.0136. The van der Waals surface area contributed by atoms with Crippen molar-refractivity contribution in [2.75, 3.05) is 33.3 Å². The molecule has 2 aromatic rings. The van der Waals surface area contributed by atoms with Crippen LogP contribution in [0, 0.1) is 6.92 Å². The SMILES string of the molecule is COc1ccc(Cl)cc1C(=O)N1CCN([C@H](CCC(=O)O)c2ccc(C)cc2)CC1. The van der Waals surface area contributed by atoms with Crippen LogP contribution in [-0.4, -0.2) is 60.1 Å². The van der Waals surface area contributed by atoms with Crippen LogP contribution in [0.5, 0.6) is 5.75 Å². The van der Waals surface area contributed by atoms with Gasteiger partial charge >= 0.3 is 5.97 Å². The van der Waals surface area contributed by atoms with E-state index in [0.29, 0.717) is 48.9 Å². The number of hydrogen-bond donors (Lipinski definition) is 1. The zero-order valence-electron chi connectivity index (χ0n) is 17.3. The van der Waals surface area contributed by atoms with E-state index in [4.69, 9.17) is 16.3 Å². The Kier molecular flexibility index (Phi) is 7.34. The van der Waals surface area contributed by atoms with Gasteiger partial charge in [0.2, 0.25) is 0 Å². The second-order valence-corrected chi connectivity index (χ2v) is 7.97. The third-order valence-corrected chi connectivity index (χ3v) is 5.76. The molecule has 1 atom stereocenters. The highest BCUT2D eigenvalue weighted by Gasteiger charge is 2.29. The van der Waals surface area contributed by atoms with Crippen LogP contribution in [-0.2, 0) is 4.79 Å². The lowest BCUT2D eigenvalue weighted by atomic mass is 9.98. The number of ether oxygens (including phenoxy) is 1. The van der Waals surface area contributed by atoms with Gasteiger partial charge in [0.1, 0.15) is 5.75 Å². The summed E-state index contributed by atoms with van der Waals surface area (Å²) in [4.78, 5) is 28.3. The molecule has 2 aromatic carbocycles. The molecule has 0 spiro atoms. The Balaban J connectivity index is 1.71. The summed E-state index contributed by atoms with van der Waals surface area (Å²) in [7, 11) is 1.53. The number of carbonyl (C=O) groups is 2. The van der Waals surface area contributed by atoms with Crippen LogP contribution in [0.1, 0.15) is 40.4 Å². The maximum atomic E-state index is 13.0. The fourth-order valence-electron chi connectivity index (χ4n) is 3.86. The number of methoxy groups -OCH3 is 1. The Labute approximate surface area is 182 Å². The minimum atomic E-state index is -0.797. The molecule has 6 nitrogen and oxygen atoms in total. The first-order valence-corrected chi connectivity index (χ1v) is 10.4. The van der Waals surface area contributed by atoms with Crippen LogP contribution in [0.2, 0.25) is 5.02 Å². The summed E-state index contributed by atoms with van der Waals surface area (Å²) < 4.78 is 5.32. The minimum Gasteiger partial charge on any atom is -0.496 e. The van der Waals surface area contributed by atoms with Gasteiger partial charge in [-0.1, -0.05) is 41.4 Å². The van der Waals surface area contributed by atoms with Gasteiger partial charge in [-0.3, -0.25) is 14.5 Å².